The Bertz CT molecular complexity index is 441. The molecule has 1 aliphatic rings. The number of hydrogen-bond acceptors (Lipinski definition) is 2. The van der Waals surface area contributed by atoms with Crippen LogP contribution >= 0.6 is 15.9 Å². The summed E-state index contributed by atoms with van der Waals surface area (Å²) in [6, 6.07) is 5.67. The molecule has 1 aliphatic carbocycles. The van der Waals surface area contributed by atoms with Gasteiger partial charge in [-0.15, -0.1) is 0 Å². The lowest BCUT2D eigenvalue weighted by atomic mass is 10.1. The highest BCUT2D eigenvalue weighted by atomic mass is 79.9. The zero-order chi connectivity index (χ0) is 13.1. The number of ether oxygens (including phenoxy) is 1. The molecule has 1 aromatic carbocycles. The minimum Gasteiger partial charge on any atom is -0.497 e. The molecule has 0 N–H and O–H groups in total. The van der Waals surface area contributed by atoms with Crippen LogP contribution in [0.5, 0.6) is 5.75 Å². The number of methoxy groups -OCH3 is 1. The van der Waals surface area contributed by atoms with Crippen LogP contribution in [0.1, 0.15) is 25.7 Å². The van der Waals surface area contributed by atoms with Gasteiger partial charge < -0.3 is 9.64 Å². The standard InChI is InChI=1S/C14H18BrNO2/c1-16(14(17)10-5-3-4-6-10)13-9-11(18-2)7-8-12(13)15/h7-10H,3-6H2,1-2H3. The molecule has 1 saturated carbocycles. The predicted octanol–water partition coefficient (Wildman–Crippen LogP) is 3.61. The number of amides is 1. The lowest BCUT2D eigenvalue weighted by Crippen LogP contribution is -2.31. The van der Waals surface area contributed by atoms with Crippen molar-refractivity contribution >= 4 is 27.5 Å². The molecule has 98 valence electrons. The molecule has 0 unspecified atom stereocenters. The van der Waals surface area contributed by atoms with Gasteiger partial charge in [0.2, 0.25) is 5.91 Å². The second-order valence-electron chi connectivity index (χ2n) is 4.70. The maximum atomic E-state index is 12.4. The highest BCUT2D eigenvalue weighted by Crippen LogP contribution is 2.33. The summed E-state index contributed by atoms with van der Waals surface area (Å²) >= 11 is 3.49. The molecule has 1 amide bonds. The van der Waals surface area contributed by atoms with Crippen molar-refractivity contribution in [2.24, 2.45) is 5.92 Å². The summed E-state index contributed by atoms with van der Waals surface area (Å²) in [5, 5.41) is 0. The Morgan fingerprint density at radius 2 is 2.06 bits per heavy atom. The van der Waals surface area contributed by atoms with Crippen LogP contribution in [-0.4, -0.2) is 20.1 Å². The van der Waals surface area contributed by atoms with E-state index in [-0.39, 0.29) is 11.8 Å². The van der Waals surface area contributed by atoms with Gasteiger partial charge in [-0.1, -0.05) is 12.8 Å². The summed E-state index contributed by atoms with van der Waals surface area (Å²) < 4.78 is 6.12. The summed E-state index contributed by atoms with van der Waals surface area (Å²) in [6.07, 6.45) is 4.38. The quantitative estimate of drug-likeness (QED) is 0.853. The van der Waals surface area contributed by atoms with Gasteiger partial charge in [-0.05, 0) is 40.9 Å². The number of hydrogen-bond donors (Lipinski definition) is 0. The third-order valence-electron chi connectivity index (χ3n) is 3.55. The number of benzene rings is 1. The fourth-order valence-electron chi connectivity index (χ4n) is 2.44. The summed E-state index contributed by atoms with van der Waals surface area (Å²) in [6.45, 7) is 0. The van der Waals surface area contributed by atoms with Crippen LogP contribution in [0.25, 0.3) is 0 Å². The number of rotatable bonds is 3. The second-order valence-corrected chi connectivity index (χ2v) is 5.55. The molecule has 0 aromatic heterocycles. The van der Waals surface area contributed by atoms with Crippen molar-refractivity contribution in [2.75, 3.05) is 19.1 Å². The maximum absolute atomic E-state index is 12.4. The molecule has 0 saturated heterocycles. The molecule has 0 spiro atoms. The van der Waals surface area contributed by atoms with E-state index in [2.05, 4.69) is 15.9 Å². The lowest BCUT2D eigenvalue weighted by Gasteiger charge is -2.22. The van der Waals surface area contributed by atoms with E-state index in [9.17, 15) is 4.79 Å². The van der Waals surface area contributed by atoms with Crippen molar-refractivity contribution in [3.63, 3.8) is 0 Å². The SMILES string of the molecule is COc1ccc(Br)c(N(C)C(=O)C2CCCC2)c1. The molecule has 4 heteroatoms. The molecule has 0 radical (unpaired) electrons. The van der Waals surface area contributed by atoms with E-state index in [0.29, 0.717) is 0 Å². The van der Waals surface area contributed by atoms with E-state index >= 15 is 0 Å². The number of halogens is 1. The summed E-state index contributed by atoms with van der Waals surface area (Å²) in [7, 11) is 3.46. The van der Waals surface area contributed by atoms with Gasteiger partial charge in [0, 0.05) is 23.5 Å². The molecule has 0 aliphatic heterocycles. The number of nitrogens with zero attached hydrogens (tertiary/aromatic N) is 1. The molecular weight excluding hydrogens is 294 g/mol. The van der Waals surface area contributed by atoms with Gasteiger partial charge in [0.1, 0.15) is 5.75 Å². The average molecular weight is 312 g/mol. The van der Waals surface area contributed by atoms with Gasteiger partial charge >= 0.3 is 0 Å². The highest BCUT2D eigenvalue weighted by Gasteiger charge is 2.26. The first kappa shape index (κ1) is 13.4. The zero-order valence-corrected chi connectivity index (χ0v) is 12.4. The smallest absolute Gasteiger partial charge is 0.229 e. The van der Waals surface area contributed by atoms with Gasteiger partial charge in [-0.2, -0.15) is 0 Å². The average Bonchev–Trinajstić information content (AvgIpc) is 2.91. The van der Waals surface area contributed by atoms with E-state index in [0.717, 1.165) is 28.8 Å². The minimum absolute atomic E-state index is 0.188. The molecular formula is C14H18BrNO2. The monoisotopic (exact) mass is 311 g/mol. The van der Waals surface area contributed by atoms with Crippen molar-refractivity contribution in [1.29, 1.82) is 0 Å². The Kier molecular flexibility index (Phi) is 4.27. The van der Waals surface area contributed by atoms with Crippen molar-refractivity contribution in [1.82, 2.24) is 0 Å². The van der Waals surface area contributed by atoms with Crippen molar-refractivity contribution < 1.29 is 9.53 Å². The van der Waals surface area contributed by atoms with Gasteiger partial charge in [-0.25, -0.2) is 0 Å². The van der Waals surface area contributed by atoms with Crippen LogP contribution in [0.15, 0.2) is 22.7 Å². The normalized spacial score (nSPS) is 15.7. The fourth-order valence-corrected chi connectivity index (χ4v) is 2.95. The Morgan fingerprint density at radius 3 is 2.67 bits per heavy atom. The van der Waals surface area contributed by atoms with Crippen LogP contribution < -0.4 is 9.64 Å². The van der Waals surface area contributed by atoms with E-state index in [1.165, 1.54) is 12.8 Å². The fraction of sp³-hybridized carbons (Fsp3) is 0.500. The van der Waals surface area contributed by atoms with E-state index in [1.807, 2.05) is 25.2 Å². The second kappa shape index (κ2) is 5.74. The number of carbonyl (C=O) groups is 1. The third-order valence-corrected chi connectivity index (χ3v) is 4.22. The maximum Gasteiger partial charge on any atom is 0.229 e. The minimum atomic E-state index is 0.188. The lowest BCUT2D eigenvalue weighted by molar-refractivity contribution is -0.121. The molecule has 1 fully saturated rings. The van der Waals surface area contributed by atoms with Crippen molar-refractivity contribution in [3.8, 4) is 5.75 Å². The van der Waals surface area contributed by atoms with E-state index in [4.69, 9.17) is 4.74 Å². The molecule has 0 bridgehead atoms. The summed E-state index contributed by atoms with van der Waals surface area (Å²) in [4.78, 5) is 14.1. The number of anilines is 1. The summed E-state index contributed by atoms with van der Waals surface area (Å²) in [5.41, 5.74) is 0.867. The first-order valence-corrected chi connectivity index (χ1v) is 7.04. The largest absolute Gasteiger partial charge is 0.497 e. The van der Waals surface area contributed by atoms with Crippen molar-refractivity contribution in [2.45, 2.75) is 25.7 Å². The van der Waals surface area contributed by atoms with E-state index in [1.54, 1.807) is 12.0 Å². The van der Waals surface area contributed by atoms with E-state index < -0.39 is 0 Å². The molecule has 0 atom stereocenters. The Labute approximate surface area is 116 Å². The van der Waals surface area contributed by atoms with Crippen LogP contribution in [0.3, 0.4) is 0 Å². The molecule has 3 nitrogen and oxygen atoms in total. The van der Waals surface area contributed by atoms with Gasteiger partial charge in [0.15, 0.2) is 0 Å². The Balaban J connectivity index is 2.21. The molecule has 2 rings (SSSR count). The zero-order valence-electron chi connectivity index (χ0n) is 10.8. The van der Waals surface area contributed by atoms with Gasteiger partial charge in [-0.3, -0.25) is 4.79 Å². The Morgan fingerprint density at radius 1 is 1.39 bits per heavy atom. The summed E-state index contributed by atoms with van der Waals surface area (Å²) in [5.74, 6) is 1.16. The molecule has 18 heavy (non-hydrogen) atoms. The first-order chi connectivity index (χ1) is 8.63. The topological polar surface area (TPSA) is 29.5 Å². The van der Waals surface area contributed by atoms with Crippen molar-refractivity contribution in [3.05, 3.63) is 22.7 Å². The predicted molar refractivity (Wildman–Crippen MR) is 76.1 cm³/mol. The van der Waals surface area contributed by atoms with Crippen LogP contribution in [-0.2, 0) is 4.79 Å². The van der Waals surface area contributed by atoms with Crippen LogP contribution in [0.4, 0.5) is 5.69 Å². The molecule has 0 heterocycles. The van der Waals surface area contributed by atoms with Crippen LogP contribution in [0, 0.1) is 5.92 Å². The number of carbonyl (C=O) groups excluding carboxylic acids is 1. The third kappa shape index (κ3) is 2.69. The van der Waals surface area contributed by atoms with Gasteiger partial charge in [0.25, 0.3) is 0 Å². The first-order valence-electron chi connectivity index (χ1n) is 6.24. The molecule has 1 aromatic rings. The highest BCUT2D eigenvalue weighted by molar-refractivity contribution is 9.10. The van der Waals surface area contributed by atoms with Crippen LogP contribution in [0.2, 0.25) is 0 Å². The Hall–Kier alpha value is -1.03. The van der Waals surface area contributed by atoms with Gasteiger partial charge in [0.05, 0.1) is 12.8 Å².